The number of rotatable bonds is 11. The number of halogens is 6. The van der Waals surface area contributed by atoms with Crippen LogP contribution in [0.4, 0.5) is 71.7 Å². The molecule has 5 N–H and O–H groups in total. The number of aromatic nitrogens is 6. The van der Waals surface area contributed by atoms with E-state index in [0.717, 1.165) is 12.1 Å². The average Bonchev–Trinajstić information content (AvgIpc) is 4.42. The van der Waals surface area contributed by atoms with Crippen molar-refractivity contribution in [1.29, 1.82) is 0 Å². The van der Waals surface area contributed by atoms with Crippen LogP contribution in [0.25, 0.3) is 43.7 Å². The van der Waals surface area contributed by atoms with Crippen LogP contribution in [-0.4, -0.2) is 120 Å². The van der Waals surface area contributed by atoms with Crippen molar-refractivity contribution in [2.24, 2.45) is 0 Å². The van der Waals surface area contributed by atoms with Gasteiger partial charge in [-0.2, -0.15) is 13.2 Å². The Morgan fingerprint density at radius 1 is 0.633 bits per heavy atom. The first-order valence-electron chi connectivity index (χ1n) is 24.9. The maximum atomic E-state index is 15.9. The first kappa shape index (κ1) is 51.9. The maximum absolute atomic E-state index is 15.9. The SMILES string of the molecule is Nc1nccc(-c2nc(N3CCOC(c4cc(-c5nc(N6CCOCC6)sc5-c5ccc(F)c(N6CCN(c7ccc(Cl)cc7)C6=O)c5)nc(N)n4)C3)sc2-c2ccc(F)c(N3CCN(c4ccc(C(F)(F)F)cc4)C3O)c2)n1. The van der Waals surface area contributed by atoms with Crippen molar-refractivity contribution in [1.82, 2.24) is 29.9 Å². The van der Waals surface area contributed by atoms with E-state index in [1.165, 1.54) is 67.8 Å². The predicted octanol–water partition coefficient (Wildman–Crippen LogP) is 9.43. The Labute approximate surface area is 460 Å². The molecule has 0 radical (unpaired) electrons. The Bertz CT molecular complexity index is 3590. The molecule has 12 rings (SSSR count). The van der Waals surface area contributed by atoms with Gasteiger partial charge in [-0.3, -0.25) is 9.80 Å². The lowest BCUT2D eigenvalue weighted by molar-refractivity contribution is -0.137. The lowest BCUT2D eigenvalue weighted by Gasteiger charge is -2.32. The molecule has 0 saturated carbocycles. The number of thiazole rings is 2. The third-order valence-electron chi connectivity index (χ3n) is 13.9. The minimum absolute atomic E-state index is 0.00778. The van der Waals surface area contributed by atoms with Crippen LogP contribution < -0.4 is 40.9 Å². The largest absolute Gasteiger partial charge is 0.416 e. The highest BCUT2D eigenvalue weighted by Gasteiger charge is 2.37. The van der Waals surface area contributed by atoms with Crippen LogP contribution in [0.5, 0.6) is 0 Å². The summed E-state index contributed by atoms with van der Waals surface area (Å²) >= 11 is 8.84. The molecule has 2 amide bonds. The van der Waals surface area contributed by atoms with Crippen LogP contribution in [-0.2, 0) is 15.7 Å². The molecular formula is C53H46ClF5N14O4S2. The summed E-state index contributed by atoms with van der Waals surface area (Å²) in [5.41, 5.74) is 16.2. The van der Waals surface area contributed by atoms with Gasteiger partial charge >= 0.3 is 12.2 Å². The highest BCUT2D eigenvalue weighted by Crippen LogP contribution is 2.46. The Kier molecular flexibility index (Phi) is 13.9. The molecule has 0 bridgehead atoms. The number of carbonyl (C=O) groups is 1. The fraction of sp³-hybridized carbons (Fsp3) is 0.264. The number of hydrogen-bond donors (Lipinski definition) is 3. The molecule has 79 heavy (non-hydrogen) atoms. The van der Waals surface area contributed by atoms with Crippen molar-refractivity contribution in [3.8, 4) is 43.7 Å². The summed E-state index contributed by atoms with van der Waals surface area (Å²) in [7, 11) is 0. The van der Waals surface area contributed by atoms with Crippen LogP contribution in [0.15, 0.2) is 103 Å². The van der Waals surface area contributed by atoms with E-state index in [-0.39, 0.29) is 62.1 Å². The Morgan fingerprint density at radius 3 is 1.94 bits per heavy atom. The van der Waals surface area contributed by atoms with E-state index in [1.807, 2.05) is 4.90 Å². The normalized spacial score (nSPS) is 18.1. The molecule has 406 valence electrons. The quantitative estimate of drug-likeness (QED) is 0.103. The summed E-state index contributed by atoms with van der Waals surface area (Å²) in [5, 5.41) is 13.3. The molecule has 26 heteroatoms. The molecule has 4 saturated heterocycles. The second-order valence-corrected chi connectivity index (χ2v) is 21.2. The number of ether oxygens (including phenoxy) is 2. The lowest BCUT2D eigenvalue weighted by Crippen LogP contribution is -2.39. The van der Waals surface area contributed by atoms with Gasteiger partial charge in [-0.15, -0.1) is 0 Å². The van der Waals surface area contributed by atoms with E-state index in [2.05, 4.69) is 19.9 Å². The fourth-order valence-corrected chi connectivity index (χ4v) is 12.3. The van der Waals surface area contributed by atoms with Gasteiger partial charge in [0.2, 0.25) is 18.2 Å². The zero-order chi connectivity index (χ0) is 54.7. The summed E-state index contributed by atoms with van der Waals surface area (Å²) in [6.07, 6.45) is -5.08. The summed E-state index contributed by atoms with van der Waals surface area (Å²) in [4.78, 5) is 53.3. The molecule has 2 unspecified atom stereocenters. The zero-order valence-electron chi connectivity index (χ0n) is 41.5. The van der Waals surface area contributed by atoms with E-state index in [0.29, 0.717) is 115 Å². The van der Waals surface area contributed by atoms with Crippen LogP contribution in [0.3, 0.4) is 0 Å². The highest BCUT2D eigenvalue weighted by molar-refractivity contribution is 7.19. The van der Waals surface area contributed by atoms with Crippen molar-refractivity contribution in [3.05, 3.63) is 131 Å². The second-order valence-electron chi connectivity index (χ2n) is 18.8. The number of nitrogen functional groups attached to an aromatic ring is 2. The summed E-state index contributed by atoms with van der Waals surface area (Å²) < 4.78 is 83.9. The topological polar surface area (TPSA) is 205 Å². The van der Waals surface area contributed by atoms with Crippen molar-refractivity contribution < 1.29 is 41.3 Å². The monoisotopic (exact) mass is 1140 g/mol. The van der Waals surface area contributed by atoms with Gasteiger partial charge in [-0.25, -0.2) is 43.5 Å². The van der Waals surface area contributed by atoms with Crippen LogP contribution in [0.1, 0.15) is 17.4 Å². The second kappa shape index (κ2) is 21.1. The molecule has 4 aliphatic rings. The summed E-state index contributed by atoms with van der Waals surface area (Å²) in [5.74, 6) is -1.23. The number of carbonyl (C=O) groups excluding carboxylic acids is 1. The van der Waals surface area contributed by atoms with Gasteiger partial charge in [0.1, 0.15) is 29.1 Å². The fourth-order valence-electron chi connectivity index (χ4n) is 9.98. The van der Waals surface area contributed by atoms with Crippen molar-refractivity contribution in [2.75, 3.05) is 113 Å². The number of nitrogens with zero attached hydrogens (tertiary/aromatic N) is 12. The van der Waals surface area contributed by atoms with E-state index in [4.69, 9.17) is 47.5 Å². The van der Waals surface area contributed by atoms with Crippen molar-refractivity contribution in [2.45, 2.75) is 18.6 Å². The standard InChI is InChI=1S/C53H46ClF5N14O4S2/c54-32-5-9-34(10-6-32)71-16-18-73(52(71)75)41-26-30(2-12-36(41)56)46-44(67-49(78-46)68-19-22-76-23-20-68)39-27-38(64-48(61)65-39)42-28-69(21-24-77-42)50-66-43(37-13-14-62-47(60)63-37)45(79-50)29-1-11-35(55)40(25-29)72-17-15-70(51(72)74)33-7-3-31(4-8-33)53(57,58)59/h1-14,25-27,42,51,74H,15-24,28H2,(H2,60,62,63)(H2,61,64,65). The number of nitrogens with two attached hydrogens (primary N) is 2. The van der Waals surface area contributed by atoms with E-state index < -0.39 is 35.8 Å². The number of aliphatic hydroxyl groups excluding tert-OH is 1. The first-order valence-corrected chi connectivity index (χ1v) is 26.9. The van der Waals surface area contributed by atoms with E-state index in [1.54, 1.807) is 65.6 Å². The molecule has 0 aliphatic carbocycles. The Balaban J connectivity index is 0.849. The van der Waals surface area contributed by atoms with Crippen LogP contribution in [0, 0.1) is 11.6 Å². The number of alkyl halides is 3. The predicted molar refractivity (Wildman–Crippen MR) is 294 cm³/mol. The highest BCUT2D eigenvalue weighted by atomic mass is 35.5. The average molecular weight is 1140 g/mol. The third-order valence-corrected chi connectivity index (χ3v) is 16.5. The summed E-state index contributed by atoms with van der Waals surface area (Å²) in [6, 6.07) is 23.5. The molecule has 0 spiro atoms. The zero-order valence-corrected chi connectivity index (χ0v) is 43.9. The van der Waals surface area contributed by atoms with E-state index >= 15 is 8.78 Å². The third kappa shape index (κ3) is 10.3. The van der Waals surface area contributed by atoms with Gasteiger partial charge in [0.05, 0.1) is 70.1 Å². The Hall–Kier alpha value is -7.81. The molecule has 4 aromatic carbocycles. The number of morpholine rings is 2. The molecule has 2 atom stereocenters. The number of urea groups is 1. The number of benzene rings is 4. The van der Waals surface area contributed by atoms with Gasteiger partial charge in [-0.05, 0) is 96.1 Å². The molecule has 18 nitrogen and oxygen atoms in total. The van der Waals surface area contributed by atoms with Gasteiger partial charge in [0.25, 0.3) is 0 Å². The van der Waals surface area contributed by atoms with Crippen LogP contribution in [0.2, 0.25) is 5.02 Å². The Morgan fingerprint density at radius 2 is 1.24 bits per heavy atom. The molecule has 8 heterocycles. The van der Waals surface area contributed by atoms with E-state index in [9.17, 15) is 23.1 Å². The van der Waals surface area contributed by atoms with Gasteiger partial charge < -0.3 is 45.6 Å². The number of amides is 2. The number of hydrogen-bond acceptors (Lipinski definition) is 18. The number of anilines is 8. The molecular weight excluding hydrogens is 1090 g/mol. The number of aliphatic hydroxyl groups is 1. The summed E-state index contributed by atoms with van der Waals surface area (Å²) in [6.45, 7) is 4.06. The van der Waals surface area contributed by atoms with Crippen molar-refractivity contribution in [3.63, 3.8) is 0 Å². The van der Waals surface area contributed by atoms with Gasteiger partial charge in [-0.1, -0.05) is 46.4 Å². The molecule has 4 aromatic heterocycles. The van der Waals surface area contributed by atoms with Gasteiger partial charge in [0.15, 0.2) is 10.3 Å². The van der Waals surface area contributed by atoms with Crippen molar-refractivity contribution >= 4 is 85.2 Å². The van der Waals surface area contributed by atoms with Gasteiger partial charge in [0, 0.05) is 68.4 Å². The molecule has 8 aromatic rings. The first-order chi connectivity index (χ1) is 38.1. The lowest BCUT2D eigenvalue weighted by atomic mass is 10.1. The molecule has 4 fully saturated rings. The van der Waals surface area contributed by atoms with Crippen LogP contribution >= 0.6 is 34.3 Å². The smallest absolute Gasteiger partial charge is 0.378 e. The minimum Gasteiger partial charge on any atom is -0.378 e. The minimum atomic E-state index is -4.53. The molecule has 4 aliphatic heterocycles. The maximum Gasteiger partial charge on any atom is 0.416 e.